The molecule has 25 heavy (non-hydrogen) atoms. The summed E-state index contributed by atoms with van der Waals surface area (Å²) in [7, 11) is 0. The number of aromatic nitrogens is 1. The fourth-order valence-electron chi connectivity index (χ4n) is 5.77. The molecule has 1 aliphatic carbocycles. The van der Waals surface area contributed by atoms with E-state index in [-0.39, 0.29) is 6.09 Å². The Bertz CT molecular complexity index is 651. The van der Waals surface area contributed by atoms with Gasteiger partial charge in [0.05, 0.1) is 17.3 Å². The van der Waals surface area contributed by atoms with Crippen LogP contribution in [0.15, 0.2) is 5.38 Å². The molecule has 6 heteroatoms. The van der Waals surface area contributed by atoms with Crippen LogP contribution in [0.2, 0.25) is 0 Å². The largest absolute Gasteiger partial charge is 0.450 e. The van der Waals surface area contributed by atoms with Gasteiger partial charge in [0.15, 0.2) is 0 Å². The molecule has 5 nitrogen and oxygen atoms in total. The Morgan fingerprint density at radius 3 is 2.48 bits per heavy atom. The van der Waals surface area contributed by atoms with Crippen molar-refractivity contribution < 1.29 is 9.53 Å². The van der Waals surface area contributed by atoms with E-state index in [1.165, 1.54) is 23.8 Å². The maximum Gasteiger partial charge on any atom is 0.410 e. The molecule has 5 atom stereocenters. The van der Waals surface area contributed by atoms with Crippen LogP contribution in [0.4, 0.5) is 4.79 Å². The Kier molecular flexibility index (Phi) is 3.82. The highest BCUT2D eigenvalue weighted by Gasteiger charge is 2.59. The zero-order chi connectivity index (χ0) is 17.1. The van der Waals surface area contributed by atoms with Crippen molar-refractivity contribution in [1.82, 2.24) is 14.8 Å². The summed E-state index contributed by atoms with van der Waals surface area (Å²) in [4.78, 5) is 21.7. The first-order chi connectivity index (χ1) is 12.2. The fraction of sp³-hybridized carbons (Fsp3) is 0.789. The average Bonchev–Trinajstić information content (AvgIpc) is 2.95. The number of fused-ring (bicyclic) bond motifs is 3. The smallest absolute Gasteiger partial charge is 0.410 e. The van der Waals surface area contributed by atoms with E-state index in [0.29, 0.717) is 24.7 Å². The van der Waals surface area contributed by atoms with Gasteiger partial charge in [-0.1, -0.05) is 0 Å². The molecular weight excluding hydrogens is 334 g/mol. The molecule has 4 fully saturated rings. The van der Waals surface area contributed by atoms with Crippen molar-refractivity contribution in [2.45, 2.75) is 63.6 Å². The second-order valence-corrected chi connectivity index (χ2v) is 9.28. The Balaban J connectivity index is 1.20. The summed E-state index contributed by atoms with van der Waals surface area (Å²) < 4.78 is 5.28. The minimum Gasteiger partial charge on any atom is -0.450 e. The second kappa shape index (κ2) is 5.95. The summed E-state index contributed by atoms with van der Waals surface area (Å²) >= 11 is 1.78. The van der Waals surface area contributed by atoms with Crippen LogP contribution >= 0.6 is 11.3 Å². The molecule has 3 saturated heterocycles. The van der Waals surface area contributed by atoms with Crippen molar-refractivity contribution in [2.75, 3.05) is 19.7 Å². The topological polar surface area (TPSA) is 45.7 Å². The van der Waals surface area contributed by atoms with Gasteiger partial charge in [-0.3, -0.25) is 4.90 Å². The van der Waals surface area contributed by atoms with Gasteiger partial charge < -0.3 is 9.64 Å². The Morgan fingerprint density at radius 1 is 1.24 bits per heavy atom. The van der Waals surface area contributed by atoms with E-state index in [2.05, 4.69) is 22.1 Å². The summed E-state index contributed by atoms with van der Waals surface area (Å²) in [5.41, 5.74) is 1.34. The van der Waals surface area contributed by atoms with Gasteiger partial charge in [0, 0.05) is 42.5 Å². The van der Waals surface area contributed by atoms with Gasteiger partial charge in [-0.25, -0.2) is 9.78 Å². The zero-order valence-electron chi connectivity index (χ0n) is 15.1. The number of hydrogen-bond acceptors (Lipinski definition) is 5. The molecule has 1 amide bonds. The van der Waals surface area contributed by atoms with E-state index in [0.717, 1.165) is 43.4 Å². The van der Waals surface area contributed by atoms with Crippen LogP contribution in [0, 0.1) is 18.8 Å². The third-order valence-electron chi connectivity index (χ3n) is 6.90. The zero-order valence-corrected chi connectivity index (χ0v) is 15.9. The van der Waals surface area contributed by atoms with Gasteiger partial charge in [-0.2, -0.15) is 0 Å². The highest BCUT2D eigenvalue weighted by molar-refractivity contribution is 7.09. The molecule has 1 aromatic heterocycles. The molecule has 3 unspecified atom stereocenters. The quantitative estimate of drug-likeness (QED) is 0.829. The van der Waals surface area contributed by atoms with Crippen molar-refractivity contribution in [1.29, 1.82) is 0 Å². The number of nitrogens with zero attached hydrogens (tertiary/aromatic N) is 3. The predicted octanol–water partition coefficient (Wildman–Crippen LogP) is 3.25. The molecule has 4 heterocycles. The molecule has 4 aliphatic rings. The maximum atomic E-state index is 12.2. The normalized spacial score (nSPS) is 39.5. The molecule has 3 aliphatic heterocycles. The van der Waals surface area contributed by atoms with Crippen LogP contribution in [0.1, 0.15) is 49.2 Å². The fourth-order valence-corrected chi connectivity index (χ4v) is 6.43. The number of ether oxygens (including phenoxy) is 1. The monoisotopic (exact) mass is 361 g/mol. The van der Waals surface area contributed by atoms with Crippen LogP contribution in [-0.4, -0.2) is 58.7 Å². The van der Waals surface area contributed by atoms with Crippen molar-refractivity contribution in [3.63, 3.8) is 0 Å². The molecule has 2 bridgehead atoms. The van der Waals surface area contributed by atoms with Crippen molar-refractivity contribution in [2.24, 2.45) is 11.8 Å². The number of thiazole rings is 1. The van der Waals surface area contributed by atoms with E-state index in [4.69, 9.17) is 9.72 Å². The second-order valence-electron chi connectivity index (χ2n) is 8.22. The SMILES string of the molecule is CCOC(=O)N1C2CCC1CC(N1C[C@@H]3C(c4csc(C)n4)[C@@H]3C1)C2. The van der Waals surface area contributed by atoms with E-state index >= 15 is 0 Å². The van der Waals surface area contributed by atoms with Gasteiger partial charge in [-0.05, 0) is 51.4 Å². The van der Waals surface area contributed by atoms with Gasteiger partial charge >= 0.3 is 6.09 Å². The van der Waals surface area contributed by atoms with Gasteiger partial charge in [-0.15, -0.1) is 11.3 Å². The molecule has 5 rings (SSSR count). The van der Waals surface area contributed by atoms with Crippen LogP contribution in [0.25, 0.3) is 0 Å². The summed E-state index contributed by atoms with van der Waals surface area (Å²) in [5.74, 6) is 2.36. The highest BCUT2D eigenvalue weighted by Crippen LogP contribution is 2.59. The van der Waals surface area contributed by atoms with Gasteiger partial charge in [0.2, 0.25) is 0 Å². The van der Waals surface area contributed by atoms with Crippen molar-refractivity contribution in [3.8, 4) is 0 Å². The summed E-state index contributed by atoms with van der Waals surface area (Å²) in [6.07, 6.45) is 4.49. The van der Waals surface area contributed by atoms with Crippen LogP contribution in [0.5, 0.6) is 0 Å². The third-order valence-corrected chi connectivity index (χ3v) is 7.70. The maximum absolute atomic E-state index is 12.2. The number of aryl methyl sites for hydroxylation is 1. The molecular formula is C19H27N3O2S. The number of hydrogen-bond donors (Lipinski definition) is 0. The summed E-state index contributed by atoms with van der Waals surface area (Å²) in [6, 6.07) is 1.46. The lowest BCUT2D eigenvalue weighted by Crippen LogP contribution is -2.52. The molecule has 0 spiro atoms. The van der Waals surface area contributed by atoms with E-state index in [1.54, 1.807) is 11.3 Å². The van der Waals surface area contributed by atoms with E-state index in [9.17, 15) is 4.79 Å². The number of carbonyl (C=O) groups is 1. The predicted molar refractivity (Wildman–Crippen MR) is 96.8 cm³/mol. The van der Waals surface area contributed by atoms with Crippen LogP contribution < -0.4 is 0 Å². The lowest BCUT2D eigenvalue weighted by Gasteiger charge is -2.42. The standard InChI is InChI=1S/C19H27N3O2S/c1-3-24-19(23)22-12-4-5-13(22)7-14(6-12)21-8-15-16(9-21)18(15)17-10-25-11(2)20-17/h10,12-16,18H,3-9H2,1-2H3/t12?,13?,14?,15-,16+,18?. The summed E-state index contributed by atoms with van der Waals surface area (Å²) in [6.45, 7) is 6.94. The highest BCUT2D eigenvalue weighted by atomic mass is 32.1. The first-order valence-corrected chi connectivity index (χ1v) is 10.6. The van der Waals surface area contributed by atoms with E-state index < -0.39 is 0 Å². The minimum atomic E-state index is -0.0864. The van der Waals surface area contributed by atoms with Crippen molar-refractivity contribution in [3.05, 3.63) is 16.1 Å². The van der Waals surface area contributed by atoms with Crippen molar-refractivity contribution >= 4 is 17.4 Å². The number of piperidine rings is 2. The first-order valence-electron chi connectivity index (χ1n) is 9.77. The summed E-state index contributed by atoms with van der Waals surface area (Å²) in [5, 5.41) is 3.46. The molecule has 0 radical (unpaired) electrons. The first kappa shape index (κ1) is 16.1. The van der Waals surface area contributed by atoms with Crippen LogP contribution in [-0.2, 0) is 4.74 Å². The number of likely N-dealkylation sites (tertiary alicyclic amines) is 1. The Morgan fingerprint density at radius 2 is 1.92 bits per heavy atom. The van der Waals surface area contributed by atoms with Gasteiger partial charge in [0.25, 0.3) is 0 Å². The molecule has 0 N–H and O–H groups in total. The number of amides is 1. The molecule has 136 valence electrons. The third kappa shape index (κ3) is 2.60. The molecule has 0 aromatic carbocycles. The minimum absolute atomic E-state index is 0.0864. The molecule has 1 saturated carbocycles. The number of rotatable bonds is 3. The molecule has 1 aromatic rings. The average molecular weight is 362 g/mol. The van der Waals surface area contributed by atoms with E-state index in [1.807, 2.05) is 6.92 Å². The number of carbonyl (C=O) groups excluding carboxylic acids is 1. The lowest BCUT2D eigenvalue weighted by atomic mass is 9.96. The lowest BCUT2D eigenvalue weighted by molar-refractivity contribution is 0.0438. The van der Waals surface area contributed by atoms with Crippen LogP contribution in [0.3, 0.4) is 0 Å². The Labute approximate surface area is 153 Å². The Hall–Kier alpha value is -1.14. The van der Waals surface area contributed by atoms with Gasteiger partial charge in [0.1, 0.15) is 0 Å².